The molecule has 1 atom stereocenters. The summed E-state index contributed by atoms with van der Waals surface area (Å²) in [5, 5.41) is 9.58. The van der Waals surface area contributed by atoms with E-state index in [-0.39, 0.29) is 25.2 Å². The summed E-state index contributed by atoms with van der Waals surface area (Å²) in [6.45, 7) is 4.11. The van der Waals surface area contributed by atoms with Crippen molar-refractivity contribution in [3.63, 3.8) is 0 Å². The van der Waals surface area contributed by atoms with E-state index in [1.54, 1.807) is 0 Å². The number of allylic oxidation sites excluding steroid dienone is 6. The van der Waals surface area contributed by atoms with Gasteiger partial charge in [-0.05, 0) is 70.6 Å². The van der Waals surface area contributed by atoms with Gasteiger partial charge in [0.2, 0.25) is 0 Å². The van der Waals surface area contributed by atoms with Crippen LogP contribution in [0.15, 0.2) is 36.5 Å². The molecule has 0 heterocycles. The van der Waals surface area contributed by atoms with Crippen LogP contribution >= 0.6 is 0 Å². The average Bonchev–Trinajstić information content (AvgIpc) is 3.12. The SMILES string of the molecule is CCCCC/C=C\C/C=C\CCCCCCCCCC(=O)OC[C@H](CO)OC(=O)CCCCCCCCCCC/C=C\CCCCCCCC. The number of carbonyl (C=O) groups excluding carboxylic acids is 2. The Morgan fingerprint density at radius 1 is 0.460 bits per heavy atom. The summed E-state index contributed by atoms with van der Waals surface area (Å²) in [7, 11) is 0. The van der Waals surface area contributed by atoms with E-state index in [9.17, 15) is 14.7 Å². The Labute approximate surface area is 310 Å². The molecule has 0 bridgehead atoms. The summed E-state index contributed by atoms with van der Waals surface area (Å²) in [4.78, 5) is 24.3. The van der Waals surface area contributed by atoms with Gasteiger partial charge in [-0.1, -0.05) is 172 Å². The lowest BCUT2D eigenvalue weighted by Gasteiger charge is -2.15. The molecular formula is C45H82O5. The fraction of sp³-hybridized carbons (Fsp3) is 0.822. The smallest absolute Gasteiger partial charge is 0.306 e. The maximum atomic E-state index is 12.2. The molecule has 292 valence electrons. The van der Waals surface area contributed by atoms with Crippen molar-refractivity contribution in [3.8, 4) is 0 Å². The van der Waals surface area contributed by atoms with Crippen LogP contribution < -0.4 is 0 Å². The number of hydrogen-bond acceptors (Lipinski definition) is 5. The first-order chi connectivity index (χ1) is 24.6. The third kappa shape index (κ3) is 38.9. The Hall–Kier alpha value is -1.88. The first kappa shape index (κ1) is 48.1. The van der Waals surface area contributed by atoms with Gasteiger partial charge in [0.05, 0.1) is 6.61 Å². The number of ether oxygens (including phenoxy) is 2. The second kappa shape index (κ2) is 41.5. The molecule has 0 aliphatic carbocycles. The van der Waals surface area contributed by atoms with Crippen LogP contribution in [0.25, 0.3) is 0 Å². The van der Waals surface area contributed by atoms with Crippen LogP contribution in [0.4, 0.5) is 0 Å². The van der Waals surface area contributed by atoms with Crippen molar-refractivity contribution in [2.45, 2.75) is 225 Å². The molecule has 5 heteroatoms. The van der Waals surface area contributed by atoms with Gasteiger partial charge in [-0.3, -0.25) is 9.59 Å². The fourth-order valence-corrected chi connectivity index (χ4v) is 6.11. The summed E-state index contributed by atoms with van der Waals surface area (Å²) < 4.78 is 10.6. The molecule has 0 saturated heterocycles. The normalized spacial score (nSPS) is 12.5. The highest BCUT2D eigenvalue weighted by molar-refractivity contribution is 5.70. The van der Waals surface area contributed by atoms with E-state index in [1.807, 2.05) is 0 Å². The Morgan fingerprint density at radius 2 is 0.800 bits per heavy atom. The van der Waals surface area contributed by atoms with Gasteiger partial charge in [0.25, 0.3) is 0 Å². The molecule has 1 N–H and O–H groups in total. The molecule has 0 amide bonds. The van der Waals surface area contributed by atoms with E-state index < -0.39 is 6.10 Å². The molecule has 50 heavy (non-hydrogen) atoms. The zero-order valence-corrected chi connectivity index (χ0v) is 33.2. The molecule has 0 radical (unpaired) electrons. The maximum Gasteiger partial charge on any atom is 0.306 e. The van der Waals surface area contributed by atoms with Crippen molar-refractivity contribution >= 4 is 11.9 Å². The number of aliphatic hydroxyl groups is 1. The fourth-order valence-electron chi connectivity index (χ4n) is 6.11. The highest BCUT2D eigenvalue weighted by Crippen LogP contribution is 2.14. The van der Waals surface area contributed by atoms with Crippen molar-refractivity contribution in [1.82, 2.24) is 0 Å². The summed E-state index contributed by atoms with van der Waals surface area (Å²) in [5.41, 5.74) is 0. The molecule has 0 aromatic carbocycles. The van der Waals surface area contributed by atoms with Gasteiger partial charge in [0, 0.05) is 12.8 Å². The molecule has 0 rings (SSSR count). The molecule has 0 aromatic rings. The van der Waals surface area contributed by atoms with Gasteiger partial charge in [-0.15, -0.1) is 0 Å². The molecule has 5 nitrogen and oxygen atoms in total. The van der Waals surface area contributed by atoms with E-state index >= 15 is 0 Å². The lowest BCUT2D eigenvalue weighted by atomic mass is 10.1. The molecule has 0 aliphatic rings. The van der Waals surface area contributed by atoms with Gasteiger partial charge >= 0.3 is 11.9 Å². The quantitative estimate of drug-likeness (QED) is 0.0392. The van der Waals surface area contributed by atoms with E-state index in [4.69, 9.17) is 9.47 Å². The number of carbonyl (C=O) groups is 2. The number of esters is 2. The van der Waals surface area contributed by atoms with Crippen LogP contribution in [0.5, 0.6) is 0 Å². The first-order valence-corrected chi connectivity index (χ1v) is 21.5. The third-order valence-electron chi connectivity index (χ3n) is 9.41. The Bertz CT molecular complexity index is 801. The van der Waals surface area contributed by atoms with E-state index in [2.05, 4.69) is 50.3 Å². The largest absolute Gasteiger partial charge is 0.462 e. The van der Waals surface area contributed by atoms with Crippen LogP contribution in [0.1, 0.15) is 219 Å². The Morgan fingerprint density at radius 3 is 1.24 bits per heavy atom. The van der Waals surface area contributed by atoms with Crippen molar-refractivity contribution in [3.05, 3.63) is 36.5 Å². The lowest BCUT2D eigenvalue weighted by Crippen LogP contribution is -2.28. The molecule has 0 saturated carbocycles. The number of aliphatic hydroxyl groups excluding tert-OH is 1. The standard InChI is InChI=1S/C45H82O5/c1-3-5-7-9-11-13-15-17-19-21-22-24-26-28-30-32-34-36-38-40-45(48)50-43(41-46)42-49-44(47)39-37-35-33-31-29-27-25-23-20-18-16-14-12-10-8-6-4-2/h12,14,17-20,43,46H,3-11,13,15-16,21-42H2,1-2H3/b14-12-,19-17-,20-18-/t43-/m0/s1. The summed E-state index contributed by atoms with van der Waals surface area (Å²) >= 11 is 0. The van der Waals surface area contributed by atoms with Crippen LogP contribution in [-0.4, -0.2) is 36.4 Å². The first-order valence-electron chi connectivity index (χ1n) is 21.5. The minimum atomic E-state index is -0.774. The van der Waals surface area contributed by atoms with Gasteiger partial charge in [0.15, 0.2) is 6.10 Å². The number of unbranched alkanes of at least 4 members (excludes halogenated alkanes) is 25. The van der Waals surface area contributed by atoms with Gasteiger partial charge in [-0.25, -0.2) is 0 Å². The minimum absolute atomic E-state index is 0.0692. The summed E-state index contributed by atoms with van der Waals surface area (Å²) in [6, 6.07) is 0. The number of rotatable bonds is 39. The monoisotopic (exact) mass is 703 g/mol. The lowest BCUT2D eigenvalue weighted by molar-refractivity contribution is -0.161. The third-order valence-corrected chi connectivity index (χ3v) is 9.41. The zero-order valence-electron chi connectivity index (χ0n) is 33.2. The van der Waals surface area contributed by atoms with Gasteiger partial charge in [0.1, 0.15) is 6.61 Å². The minimum Gasteiger partial charge on any atom is -0.462 e. The maximum absolute atomic E-state index is 12.2. The molecule has 0 fully saturated rings. The second-order valence-electron chi connectivity index (χ2n) is 14.4. The van der Waals surface area contributed by atoms with Crippen LogP contribution in [0, 0.1) is 0 Å². The van der Waals surface area contributed by atoms with Crippen molar-refractivity contribution in [2.24, 2.45) is 0 Å². The number of hydrogen-bond donors (Lipinski definition) is 1. The van der Waals surface area contributed by atoms with Gasteiger partial charge in [-0.2, -0.15) is 0 Å². The van der Waals surface area contributed by atoms with Crippen LogP contribution in [0.2, 0.25) is 0 Å². The Balaban J connectivity index is 3.54. The highest BCUT2D eigenvalue weighted by atomic mass is 16.6. The van der Waals surface area contributed by atoms with Gasteiger partial charge < -0.3 is 14.6 Å². The van der Waals surface area contributed by atoms with E-state index in [0.717, 1.165) is 51.4 Å². The van der Waals surface area contributed by atoms with Crippen LogP contribution in [0.3, 0.4) is 0 Å². The van der Waals surface area contributed by atoms with Crippen molar-refractivity contribution < 1.29 is 24.2 Å². The molecule has 0 aliphatic heterocycles. The zero-order chi connectivity index (χ0) is 36.4. The second-order valence-corrected chi connectivity index (χ2v) is 14.4. The highest BCUT2D eigenvalue weighted by Gasteiger charge is 2.16. The molecular weight excluding hydrogens is 620 g/mol. The predicted molar refractivity (Wildman–Crippen MR) is 214 cm³/mol. The predicted octanol–water partition coefficient (Wildman–Crippen LogP) is 13.6. The molecule has 0 unspecified atom stereocenters. The molecule has 0 spiro atoms. The Kier molecular flexibility index (Phi) is 40.0. The van der Waals surface area contributed by atoms with E-state index in [1.165, 1.54) is 141 Å². The topological polar surface area (TPSA) is 72.8 Å². The molecule has 0 aromatic heterocycles. The van der Waals surface area contributed by atoms with Crippen molar-refractivity contribution in [1.29, 1.82) is 0 Å². The van der Waals surface area contributed by atoms with Crippen LogP contribution in [-0.2, 0) is 19.1 Å². The summed E-state index contributed by atoms with van der Waals surface area (Å²) in [6.07, 6.45) is 50.6. The van der Waals surface area contributed by atoms with E-state index in [0.29, 0.717) is 12.8 Å². The average molecular weight is 703 g/mol. The summed E-state index contributed by atoms with van der Waals surface area (Å²) in [5.74, 6) is -0.597. The van der Waals surface area contributed by atoms with Crippen molar-refractivity contribution in [2.75, 3.05) is 13.2 Å².